The van der Waals surface area contributed by atoms with E-state index in [1.54, 1.807) is 17.2 Å². The zero-order chi connectivity index (χ0) is 13.9. The Hall–Kier alpha value is -1.88. The number of benzene rings is 1. The molecule has 2 heterocycles. The Balaban J connectivity index is 1.88. The summed E-state index contributed by atoms with van der Waals surface area (Å²) in [6.07, 6.45) is 1.63. The van der Waals surface area contributed by atoms with Gasteiger partial charge in [-0.3, -0.25) is 4.79 Å². The van der Waals surface area contributed by atoms with Crippen molar-refractivity contribution in [2.75, 3.05) is 13.2 Å². The number of para-hydroxylation sites is 1. The predicted molar refractivity (Wildman–Crippen MR) is 78.6 cm³/mol. The van der Waals surface area contributed by atoms with Crippen LogP contribution in [0.5, 0.6) is 5.75 Å². The monoisotopic (exact) mass is 332 g/mol. The molecule has 0 atom stereocenters. The lowest BCUT2D eigenvalue weighted by molar-refractivity contribution is 0.0726. The van der Waals surface area contributed by atoms with Crippen molar-refractivity contribution in [2.24, 2.45) is 0 Å². The lowest BCUT2D eigenvalue weighted by Gasteiger charge is -2.19. The van der Waals surface area contributed by atoms with Crippen molar-refractivity contribution in [1.82, 2.24) is 9.88 Å². The van der Waals surface area contributed by atoms with Gasteiger partial charge in [-0.2, -0.15) is 0 Å². The van der Waals surface area contributed by atoms with Gasteiger partial charge in [0.05, 0.1) is 6.54 Å². The van der Waals surface area contributed by atoms with E-state index in [9.17, 15) is 4.79 Å². The summed E-state index contributed by atoms with van der Waals surface area (Å²) in [6.45, 7) is 1.59. The van der Waals surface area contributed by atoms with E-state index in [1.165, 1.54) is 0 Å². The molecule has 1 aliphatic rings. The fourth-order valence-corrected chi connectivity index (χ4v) is 2.62. The number of nitrogens with zero attached hydrogens (tertiary/aromatic N) is 2. The van der Waals surface area contributed by atoms with E-state index < -0.39 is 0 Å². The van der Waals surface area contributed by atoms with Gasteiger partial charge >= 0.3 is 0 Å². The fraction of sp³-hybridized carbons (Fsp3) is 0.200. The normalized spacial score (nSPS) is 14.2. The lowest BCUT2D eigenvalue weighted by Crippen LogP contribution is -2.33. The molecule has 0 bridgehead atoms. The van der Waals surface area contributed by atoms with Gasteiger partial charge in [-0.15, -0.1) is 0 Å². The molecule has 1 amide bonds. The first kappa shape index (κ1) is 13.1. The molecule has 1 aliphatic heterocycles. The van der Waals surface area contributed by atoms with Gasteiger partial charge in [0.2, 0.25) is 0 Å². The first-order chi connectivity index (χ1) is 9.75. The summed E-state index contributed by atoms with van der Waals surface area (Å²) in [4.78, 5) is 18.5. The molecule has 5 heteroatoms. The van der Waals surface area contributed by atoms with Crippen LogP contribution in [0.3, 0.4) is 0 Å². The highest BCUT2D eigenvalue weighted by Gasteiger charge is 2.23. The molecule has 0 aliphatic carbocycles. The van der Waals surface area contributed by atoms with E-state index in [4.69, 9.17) is 4.74 Å². The summed E-state index contributed by atoms with van der Waals surface area (Å²) in [5.41, 5.74) is 1.46. The highest BCUT2D eigenvalue weighted by Crippen LogP contribution is 2.24. The van der Waals surface area contributed by atoms with Gasteiger partial charge in [-0.25, -0.2) is 4.98 Å². The summed E-state index contributed by atoms with van der Waals surface area (Å²) in [5, 5.41) is 0. The number of hydrogen-bond donors (Lipinski definition) is 0. The third kappa shape index (κ3) is 2.54. The standard InChI is InChI=1S/C15H13BrN2O2/c16-12-5-3-7-17-14(12)15(19)18-8-9-20-13-6-2-1-4-11(13)10-18/h1-7H,8-10H2. The summed E-state index contributed by atoms with van der Waals surface area (Å²) in [6, 6.07) is 11.4. The molecule has 0 saturated heterocycles. The van der Waals surface area contributed by atoms with Gasteiger partial charge in [0, 0.05) is 22.8 Å². The average molecular weight is 333 g/mol. The number of fused-ring (bicyclic) bond motifs is 1. The minimum atomic E-state index is -0.0854. The van der Waals surface area contributed by atoms with Crippen LogP contribution in [-0.2, 0) is 6.54 Å². The van der Waals surface area contributed by atoms with E-state index in [-0.39, 0.29) is 5.91 Å². The number of pyridine rings is 1. The van der Waals surface area contributed by atoms with Gasteiger partial charge in [0.1, 0.15) is 18.1 Å². The zero-order valence-electron chi connectivity index (χ0n) is 10.8. The number of carbonyl (C=O) groups excluding carboxylic acids is 1. The van der Waals surface area contributed by atoms with Crippen molar-refractivity contribution in [3.63, 3.8) is 0 Å². The van der Waals surface area contributed by atoms with Crippen LogP contribution < -0.4 is 4.74 Å². The second kappa shape index (κ2) is 5.63. The number of rotatable bonds is 1. The molecule has 0 saturated carbocycles. The lowest BCUT2D eigenvalue weighted by atomic mass is 10.2. The molecular formula is C15H13BrN2O2. The first-order valence-electron chi connectivity index (χ1n) is 6.36. The Labute approximate surface area is 125 Å². The number of ether oxygens (including phenoxy) is 1. The van der Waals surface area contributed by atoms with Crippen LogP contribution in [0.1, 0.15) is 16.1 Å². The summed E-state index contributed by atoms with van der Waals surface area (Å²) >= 11 is 3.37. The van der Waals surface area contributed by atoms with E-state index in [0.717, 1.165) is 11.3 Å². The molecule has 0 fully saturated rings. The van der Waals surface area contributed by atoms with Crippen molar-refractivity contribution in [2.45, 2.75) is 6.54 Å². The quantitative estimate of drug-likeness (QED) is 0.806. The highest BCUT2D eigenvalue weighted by atomic mass is 79.9. The smallest absolute Gasteiger partial charge is 0.274 e. The molecular weight excluding hydrogens is 320 g/mol. The van der Waals surface area contributed by atoms with E-state index in [1.807, 2.05) is 30.3 Å². The second-order valence-electron chi connectivity index (χ2n) is 4.52. The SMILES string of the molecule is O=C(c1ncccc1Br)N1CCOc2ccccc2C1. The maximum absolute atomic E-state index is 12.6. The van der Waals surface area contributed by atoms with Gasteiger partial charge in [-0.1, -0.05) is 18.2 Å². The van der Waals surface area contributed by atoms with Gasteiger partial charge < -0.3 is 9.64 Å². The van der Waals surface area contributed by atoms with Crippen molar-refractivity contribution in [3.8, 4) is 5.75 Å². The van der Waals surface area contributed by atoms with Crippen LogP contribution in [0.2, 0.25) is 0 Å². The molecule has 102 valence electrons. The van der Waals surface area contributed by atoms with Crippen LogP contribution in [0.4, 0.5) is 0 Å². The van der Waals surface area contributed by atoms with E-state index in [2.05, 4.69) is 20.9 Å². The molecule has 1 aromatic heterocycles. The van der Waals surface area contributed by atoms with Crippen molar-refractivity contribution < 1.29 is 9.53 Å². The molecule has 1 aromatic carbocycles. The minimum Gasteiger partial charge on any atom is -0.491 e. The fourth-order valence-electron chi connectivity index (χ4n) is 2.19. The first-order valence-corrected chi connectivity index (χ1v) is 7.15. The molecule has 0 spiro atoms. The molecule has 4 nitrogen and oxygen atoms in total. The topological polar surface area (TPSA) is 42.4 Å². The van der Waals surface area contributed by atoms with Crippen molar-refractivity contribution >= 4 is 21.8 Å². The Bertz CT molecular complexity index is 645. The summed E-state index contributed by atoms with van der Waals surface area (Å²) in [5.74, 6) is 0.765. The van der Waals surface area contributed by atoms with Gasteiger partial charge in [0.25, 0.3) is 5.91 Å². The zero-order valence-corrected chi connectivity index (χ0v) is 12.3. The minimum absolute atomic E-state index is 0.0854. The number of amides is 1. The second-order valence-corrected chi connectivity index (χ2v) is 5.37. The van der Waals surface area contributed by atoms with Crippen LogP contribution in [0.25, 0.3) is 0 Å². The predicted octanol–water partition coefficient (Wildman–Crippen LogP) is 2.88. The van der Waals surface area contributed by atoms with Gasteiger partial charge in [-0.05, 0) is 34.1 Å². The van der Waals surface area contributed by atoms with E-state index >= 15 is 0 Å². The summed E-state index contributed by atoms with van der Waals surface area (Å²) in [7, 11) is 0. The Morgan fingerprint density at radius 3 is 2.95 bits per heavy atom. The maximum Gasteiger partial charge on any atom is 0.274 e. The third-order valence-corrected chi connectivity index (χ3v) is 3.84. The number of aromatic nitrogens is 1. The number of carbonyl (C=O) groups is 1. The van der Waals surface area contributed by atoms with Crippen LogP contribution in [0.15, 0.2) is 47.1 Å². The molecule has 0 radical (unpaired) electrons. The molecule has 20 heavy (non-hydrogen) atoms. The van der Waals surface area contributed by atoms with Crippen LogP contribution in [-0.4, -0.2) is 28.9 Å². The van der Waals surface area contributed by atoms with Gasteiger partial charge in [0.15, 0.2) is 0 Å². The molecule has 2 aromatic rings. The Morgan fingerprint density at radius 2 is 2.10 bits per heavy atom. The van der Waals surface area contributed by atoms with Crippen LogP contribution >= 0.6 is 15.9 Å². The number of hydrogen-bond acceptors (Lipinski definition) is 3. The average Bonchev–Trinajstić information content (AvgIpc) is 2.69. The molecule has 0 N–H and O–H groups in total. The van der Waals surface area contributed by atoms with Crippen molar-refractivity contribution in [1.29, 1.82) is 0 Å². The number of halogens is 1. The Morgan fingerprint density at radius 1 is 1.25 bits per heavy atom. The van der Waals surface area contributed by atoms with Crippen LogP contribution in [0, 0.1) is 0 Å². The summed E-state index contributed by atoms with van der Waals surface area (Å²) < 4.78 is 6.38. The third-order valence-electron chi connectivity index (χ3n) is 3.20. The molecule has 3 rings (SSSR count). The largest absolute Gasteiger partial charge is 0.491 e. The highest BCUT2D eigenvalue weighted by molar-refractivity contribution is 9.10. The van der Waals surface area contributed by atoms with Crippen molar-refractivity contribution in [3.05, 3.63) is 58.3 Å². The maximum atomic E-state index is 12.6. The molecule has 0 unspecified atom stereocenters. The van der Waals surface area contributed by atoms with E-state index in [0.29, 0.717) is 29.9 Å². The Kier molecular flexibility index (Phi) is 3.69.